The molecule has 0 bridgehead atoms. The minimum atomic E-state index is -0.506. The maximum atomic E-state index is 10.8. The van der Waals surface area contributed by atoms with E-state index < -0.39 is 4.92 Å². The highest BCUT2D eigenvalue weighted by atomic mass is 32.1. The molecule has 0 fully saturated rings. The third-order valence-corrected chi connectivity index (χ3v) is 2.26. The molecule has 5 nitrogen and oxygen atoms in total. The lowest BCUT2D eigenvalue weighted by Gasteiger charge is -2.09. The van der Waals surface area contributed by atoms with E-state index in [2.05, 4.69) is 12.6 Å². The van der Waals surface area contributed by atoms with Crippen molar-refractivity contribution < 1.29 is 14.4 Å². The molecule has 1 aromatic rings. The first-order valence-corrected chi connectivity index (χ1v) is 4.77. The summed E-state index contributed by atoms with van der Waals surface area (Å²) in [5.74, 6) is 0.880. The maximum absolute atomic E-state index is 10.8. The van der Waals surface area contributed by atoms with Gasteiger partial charge >= 0.3 is 5.69 Å². The van der Waals surface area contributed by atoms with Gasteiger partial charge in [-0.2, -0.15) is 12.6 Å². The van der Waals surface area contributed by atoms with Gasteiger partial charge in [-0.3, -0.25) is 10.1 Å². The van der Waals surface area contributed by atoms with Crippen molar-refractivity contribution in [2.24, 2.45) is 0 Å². The summed E-state index contributed by atoms with van der Waals surface area (Å²) in [7, 11) is 2.80. The number of hydrogen-bond donors (Lipinski definition) is 1. The second kappa shape index (κ2) is 4.88. The van der Waals surface area contributed by atoms with E-state index in [4.69, 9.17) is 9.47 Å². The average Bonchev–Trinajstić information content (AvgIpc) is 2.26. The highest BCUT2D eigenvalue weighted by molar-refractivity contribution is 7.79. The zero-order chi connectivity index (χ0) is 11.4. The fourth-order valence-electron chi connectivity index (χ4n) is 1.23. The predicted molar refractivity (Wildman–Crippen MR) is 58.9 cm³/mol. The van der Waals surface area contributed by atoms with Crippen molar-refractivity contribution in [3.05, 3.63) is 27.8 Å². The van der Waals surface area contributed by atoms with Crippen LogP contribution in [0.15, 0.2) is 12.1 Å². The summed E-state index contributed by atoms with van der Waals surface area (Å²) in [6, 6.07) is 3.09. The lowest BCUT2D eigenvalue weighted by molar-refractivity contribution is -0.385. The Morgan fingerprint density at radius 2 is 2.07 bits per heavy atom. The molecule has 0 aliphatic carbocycles. The quantitative estimate of drug-likeness (QED) is 0.487. The SMILES string of the molecule is COc1cc(CS)cc([N+](=O)[O-])c1OC. The summed E-state index contributed by atoms with van der Waals surface area (Å²) in [6.07, 6.45) is 0. The van der Waals surface area contributed by atoms with Crippen LogP contribution in [0.5, 0.6) is 11.5 Å². The van der Waals surface area contributed by atoms with E-state index in [0.717, 1.165) is 0 Å². The number of methoxy groups -OCH3 is 2. The van der Waals surface area contributed by atoms with Crippen LogP contribution in [0.1, 0.15) is 5.56 Å². The molecule has 0 aliphatic rings. The Morgan fingerprint density at radius 3 is 2.47 bits per heavy atom. The normalized spacial score (nSPS) is 9.80. The van der Waals surface area contributed by atoms with Crippen LogP contribution in [0.3, 0.4) is 0 Å². The van der Waals surface area contributed by atoms with Gasteiger partial charge in [-0.1, -0.05) is 0 Å². The van der Waals surface area contributed by atoms with Crippen molar-refractivity contribution in [3.63, 3.8) is 0 Å². The van der Waals surface area contributed by atoms with Crippen molar-refractivity contribution in [2.75, 3.05) is 14.2 Å². The van der Waals surface area contributed by atoms with Gasteiger partial charge in [0.15, 0.2) is 5.75 Å². The molecule has 0 saturated heterocycles. The van der Waals surface area contributed by atoms with E-state index in [0.29, 0.717) is 17.1 Å². The Balaban J connectivity index is 3.39. The lowest BCUT2D eigenvalue weighted by Crippen LogP contribution is -1.98. The Morgan fingerprint density at radius 1 is 1.40 bits per heavy atom. The molecule has 0 heterocycles. The summed E-state index contributed by atoms with van der Waals surface area (Å²) in [4.78, 5) is 10.3. The van der Waals surface area contributed by atoms with Crippen LogP contribution in [-0.2, 0) is 5.75 Å². The number of rotatable bonds is 4. The van der Waals surface area contributed by atoms with Crippen LogP contribution in [0.4, 0.5) is 5.69 Å². The number of benzene rings is 1. The van der Waals surface area contributed by atoms with Gasteiger partial charge in [0.2, 0.25) is 5.75 Å². The first-order chi connectivity index (χ1) is 7.13. The number of hydrogen-bond acceptors (Lipinski definition) is 5. The number of nitro benzene ring substituents is 1. The summed E-state index contributed by atoms with van der Waals surface area (Å²) in [5, 5.41) is 10.8. The molecule has 0 radical (unpaired) electrons. The molecule has 0 saturated carbocycles. The van der Waals surface area contributed by atoms with Crippen molar-refractivity contribution in [1.29, 1.82) is 0 Å². The zero-order valence-electron chi connectivity index (χ0n) is 8.39. The minimum Gasteiger partial charge on any atom is -0.493 e. The average molecular weight is 229 g/mol. The van der Waals surface area contributed by atoms with Gasteiger partial charge < -0.3 is 9.47 Å². The molecule has 0 atom stereocenters. The van der Waals surface area contributed by atoms with E-state index >= 15 is 0 Å². The highest BCUT2D eigenvalue weighted by Gasteiger charge is 2.20. The summed E-state index contributed by atoms with van der Waals surface area (Å²) in [6.45, 7) is 0. The second-order valence-corrected chi connectivity index (χ2v) is 3.08. The van der Waals surface area contributed by atoms with Gasteiger partial charge in [0.25, 0.3) is 0 Å². The molecular formula is C9H11NO4S. The first-order valence-electron chi connectivity index (χ1n) is 4.14. The Labute approximate surface area is 92.6 Å². The lowest BCUT2D eigenvalue weighted by atomic mass is 10.2. The summed E-state index contributed by atoms with van der Waals surface area (Å²) < 4.78 is 9.94. The first kappa shape index (κ1) is 11.6. The maximum Gasteiger partial charge on any atom is 0.315 e. The Hall–Kier alpha value is -1.43. The van der Waals surface area contributed by atoms with E-state index in [1.165, 1.54) is 20.3 Å². The standard InChI is InChI=1S/C9H11NO4S/c1-13-8-4-6(5-15)3-7(10(11)12)9(8)14-2/h3-4,15H,5H2,1-2H3. The molecule has 1 rings (SSSR count). The fourth-order valence-corrected chi connectivity index (χ4v) is 1.41. The van der Waals surface area contributed by atoms with Crippen molar-refractivity contribution in [2.45, 2.75) is 5.75 Å². The molecule has 0 spiro atoms. The van der Waals surface area contributed by atoms with E-state index in [1.54, 1.807) is 6.07 Å². The molecule has 0 unspecified atom stereocenters. The van der Waals surface area contributed by atoms with Crippen molar-refractivity contribution in [3.8, 4) is 11.5 Å². The zero-order valence-corrected chi connectivity index (χ0v) is 9.28. The molecule has 0 N–H and O–H groups in total. The molecule has 0 amide bonds. The second-order valence-electron chi connectivity index (χ2n) is 2.77. The third kappa shape index (κ3) is 2.33. The van der Waals surface area contributed by atoms with Crippen molar-refractivity contribution >= 4 is 18.3 Å². The van der Waals surface area contributed by atoms with Crippen LogP contribution >= 0.6 is 12.6 Å². The summed E-state index contributed by atoms with van der Waals surface area (Å²) >= 11 is 4.06. The largest absolute Gasteiger partial charge is 0.493 e. The monoisotopic (exact) mass is 229 g/mol. The van der Waals surface area contributed by atoms with Gasteiger partial charge in [0, 0.05) is 11.8 Å². The van der Waals surface area contributed by atoms with Gasteiger partial charge in [-0.15, -0.1) is 0 Å². The molecule has 82 valence electrons. The van der Waals surface area contributed by atoms with Gasteiger partial charge in [0.1, 0.15) is 0 Å². The number of nitro groups is 1. The number of ether oxygens (including phenoxy) is 2. The molecule has 15 heavy (non-hydrogen) atoms. The highest BCUT2D eigenvalue weighted by Crippen LogP contribution is 2.38. The Kier molecular flexibility index (Phi) is 3.79. The van der Waals surface area contributed by atoms with Gasteiger partial charge in [0.05, 0.1) is 19.1 Å². The molecular weight excluding hydrogens is 218 g/mol. The van der Waals surface area contributed by atoms with Gasteiger partial charge in [-0.05, 0) is 11.6 Å². The topological polar surface area (TPSA) is 61.6 Å². The minimum absolute atomic E-state index is 0.110. The van der Waals surface area contributed by atoms with Crippen LogP contribution in [0.25, 0.3) is 0 Å². The number of nitrogens with zero attached hydrogens (tertiary/aromatic N) is 1. The number of thiol groups is 1. The molecule has 0 aromatic heterocycles. The smallest absolute Gasteiger partial charge is 0.315 e. The summed E-state index contributed by atoms with van der Waals surface area (Å²) in [5.41, 5.74) is 0.601. The fraction of sp³-hybridized carbons (Fsp3) is 0.333. The van der Waals surface area contributed by atoms with Gasteiger partial charge in [-0.25, -0.2) is 0 Å². The molecule has 1 aromatic carbocycles. The predicted octanol–water partition coefficient (Wildman–Crippen LogP) is 2.04. The molecule has 0 aliphatic heterocycles. The van der Waals surface area contributed by atoms with Crippen molar-refractivity contribution in [1.82, 2.24) is 0 Å². The molecule has 6 heteroatoms. The van der Waals surface area contributed by atoms with E-state index in [1.807, 2.05) is 0 Å². The van der Waals surface area contributed by atoms with Crippen LogP contribution in [0, 0.1) is 10.1 Å². The van der Waals surface area contributed by atoms with Crippen LogP contribution < -0.4 is 9.47 Å². The van der Waals surface area contributed by atoms with Crippen LogP contribution in [0.2, 0.25) is 0 Å². The van der Waals surface area contributed by atoms with Crippen LogP contribution in [-0.4, -0.2) is 19.1 Å². The Bertz CT molecular complexity index is 381. The van der Waals surface area contributed by atoms with E-state index in [-0.39, 0.29) is 11.4 Å². The van der Waals surface area contributed by atoms with E-state index in [9.17, 15) is 10.1 Å². The third-order valence-electron chi connectivity index (χ3n) is 1.90.